The Hall–Kier alpha value is -2.23. The minimum Gasteiger partial charge on any atom is -0.496 e. The fourth-order valence-corrected chi connectivity index (χ4v) is 2.89. The summed E-state index contributed by atoms with van der Waals surface area (Å²) < 4.78 is 5.45. The van der Waals surface area contributed by atoms with Crippen molar-refractivity contribution in [3.8, 4) is 5.75 Å². The van der Waals surface area contributed by atoms with Gasteiger partial charge in [-0.2, -0.15) is 0 Å². The SMILES string of the molecule is COc1cccc2ccc(N3CCN(C(C)=O)CC3)cc12. The lowest BCUT2D eigenvalue weighted by Gasteiger charge is -2.35. The van der Waals surface area contributed by atoms with Crippen LogP contribution in [0.4, 0.5) is 5.69 Å². The molecule has 0 radical (unpaired) electrons. The number of hydrogen-bond donors (Lipinski definition) is 0. The lowest BCUT2D eigenvalue weighted by atomic mass is 10.1. The fraction of sp³-hybridized carbons (Fsp3) is 0.353. The first-order valence-corrected chi connectivity index (χ1v) is 7.26. The second-order valence-electron chi connectivity index (χ2n) is 5.36. The zero-order chi connectivity index (χ0) is 14.8. The first-order chi connectivity index (χ1) is 10.2. The Morgan fingerprint density at radius 1 is 1.10 bits per heavy atom. The summed E-state index contributed by atoms with van der Waals surface area (Å²) in [6.07, 6.45) is 0. The van der Waals surface area contributed by atoms with E-state index in [0.29, 0.717) is 0 Å². The molecule has 2 aromatic rings. The smallest absolute Gasteiger partial charge is 0.219 e. The van der Waals surface area contributed by atoms with Gasteiger partial charge in [-0.3, -0.25) is 4.79 Å². The largest absolute Gasteiger partial charge is 0.496 e. The quantitative estimate of drug-likeness (QED) is 0.849. The van der Waals surface area contributed by atoms with E-state index in [4.69, 9.17) is 4.74 Å². The van der Waals surface area contributed by atoms with Crippen molar-refractivity contribution in [2.75, 3.05) is 38.2 Å². The topological polar surface area (TPSA) is 32.8 Å². The van der Waals surface area contributed by atoms with Gasteiger partial charge in [0.05, 0.1) is 7.11 Å². The third-order valence-electron chi connectivity index (χ3n) is 4.14. The Morgan fingerprint density at radius 2 is 1.86 bits per heavy atom. The van der Waals surface area contributed by atoms with E-state index in [9.17, 15) is 4.79 Å². The number of nitrogens with zero attached hydrogens (tertiary/aromatic N) is 2. The minimum atomic E-state index is 0.162. The molecule has 110 valence electrons. The van der Waals surface area contributed by atoms with Gasteiger partial charge in [0.15, 0.2) is 0 Å². The summed E-state index contributed by atoms with van der Waals surface area (Å²) in [5.74, 6) is 1.06. The minimum absolute atomic E-state index is 0.162. The van der Waals surface area contributed by atoms with Crippen molar-refractivity contribution < 1.29 is 9.53 Å². The molecule has 0 N–H and O–H groups in total. The van der Waals surface area contributed by atoms with Gasteiger partial charge in [0, 0.05) is 44.2 Å². The third kappa shape index (κ3) is 2.66. The van der Waals surface area contributed by atoms with E-state index in [-0.39, 0.29) is 5.91 Å². The van der Waals surface area contributed by atoms with Gasteiger partial charge in [0.25, 0.3) is 0 Å². The lowest BCUT2D eigenvalue weighted by Crippen LogP contribution is -2.48. The molecule has 0 spiro atoms. The van der Waals surface area contributed by atoms with Gasteiger partial charge in [-0.1, -0.05) is 18.2 Å². The molecule has 0 atom stereocenters. The lowest BCUT2D eigenvalue weighted by molar-refractivity contribution is -0.129. The van der Waals surface area contributed by atoms with E-state index in [1.807, 2.05) is 17.0 Å². The van der Waals surface area contributed by atoms with Crippen molar-refractivity contribution in [2.45, 2.75) is 6.92 Å². The number of methoxy groups -OCH3 is 1. The van der Waals surface area contributed by atoms with Crippen LogP contribution < -0.4 is 9.64 Å². The molecule has 3 rings (SSSR count). The van der Waals surface area contributed by atoms with Gasteiger partial charge in [0.1, 0.15) is 5.75 Å². The van der Waals surface area contributed by atoms with E-state index in [1.54, 1.807) is 14.0 Å². The monoisotopic (exact) mass is 284 g/mol. The molecule has 1 aliphatic heterocycles. The highest BCUT2D eigenvalue weighted by atomic mass is 16.5. The van der Waals surface area contributed by atoms with Crippen LogP contribution in [-0.4, -0.2) is 44.1 Å². The van der Waals surface area contributed by atoms with Crippen LogP contribution in [0.3, 0.4) is 0 Å². The number of rotatable bonds is 2. The number of benzene rings is 2. The molecule has 0 aromatic heterocycles. The summed E-state index contributed by atoms with van der Waals surface area (Å²) in [7, 11) is 1.70. The van der Waals surface area contributed by atoms with E-state index < -0.39 is 0 Å². The maximum Gasteiger partial charge on any atom is 0.219 e. The predicted octanol–water partition coefficient (Wildman–Crippen LogP) is 2.52. The van der Waals surface area contributed by atoms with Gasteiger partial charge < -0.3 is 14.5 Å². The number of hydrogen-bond acceptors (Lipinski definition) is 3. The zero-order valence-electron chi connectivity index (χ0n) is 12.5. The summed E-state index contributed by atoms with van der Waals surface area (Å²) in [6.45, 7) is 4.97. The van der Waals surface area contributed by atoms with Crippen LogP contribution in [0.15, 0.2) is 36.4 Å². The third-order valence-corrected chi connectivity index (χ3v) is 4.14. The molecule has 1 amide bonds. The number of fused-ring (bicyclic) bond motifs is 1. The van der Waals surface area contributed by atoms with Gasteiger partial charge in [-0.05, 0) is 23.6 Å². The van der Waals surface area contributed by atoms with E-state index >= 15 is 0 Å². The van der Waals surface area contributed by atoms with Crippen LogP contribution in [0.25, 0.3) is 10.8 Å². The molecule has 0 aliphatic carbocycles. The Balaban J connectivity index is 1.86. The molecule has 1 aliphatic rings. The van der Waals surface area contributed by atoms with Crippen molar-refractivity contribution in [3.63, 3.8) is 0 Å². The average molecular weight is 284 g/mol. The first kappa shape index (κ1) is 13.7. The number of carbonyl (C=O) groups is 1. The maximum absolute atomic E-state index is 11.4. The van der Waals surface area contributed by atoms with Crippen LogP contribution in [0.5, 0.6) is 5.75 Å². The number of ether oxygens (including phenoxy) is 1. The fourth-order valence-electron chi connectivity index (χ4n) is 2.89. The molecule has 0 bridgehead atoms. The molecule has 2 aromatic carbocycles. The normalized spacial score (nSPS) is 15.3. The number of piperazine rings is 1. The Morgan fingerprint density at radius 3 is 2.52 bits per heavy atom. The molecule has 21 heavy (non-hydrogen) atoms. The van der Waals surface area contributed by atoms with Gasteiger partial charge >= 0.3 is 0 Å². The molecule has 1 fully saturated rings. The average Bonchev–Trinajstić information content (AvgIpc) is 2.53. The van der Waals surface area contributed by atoms with Crippen molar-refractivity contribution in [1.29, 1.82) is 0 Å². The number of amides is 1. The summed E-state index contributed by atoms with van der Waals surface area (Å²) in [5.41, 5.74) is 1.19. The molecule has 4 heteroatoms. The zero-order valence-corrected chi connectivity index (χ0v) is 12.5. The molecular formula is C17H20N2O2. The highest BCUT2D eigenvalue weighted by molar-refractivity contribution is 5.91. The number of anilines is 1. The van der Waals surface area contributed by atoms with E-state index in [0.717, 1.165) is 37.3 Å². The van der Waals surface area contributed by atoms with E-state index in [2.05, 4.69) is 29.2 Å². The Bertz CT molecular complexity index is 661. The van der Waals surface area contributed by atoms with Crippen molar-refractivity contribution >= 4 is 22.4 Å². The maximum atomic E-state index is 11.4. The molecular weight excluding hydrogens is 264 g/mol. The van der Waals surface area contributed by atoms with Crippen molar-refractivity contribution in [1.82, 2.24) is 4.90 Å². The number of carbonyl (C=O) groups excluding carboxylic acids is 1. The summed E-state index contributed by atoms with van der Waals surface area (Å²) >= 11 is 0. The predicted molar refractivity (Wildman–Crippen MR) is 85.0 cm³/mol. The Kier molecular flexibility index (Phi) is 3.69. The first-order valence-electron chi connectivity index (χ1n) is 7.26. The highest BCUT2D eigenvalue weighted by Crippen LogP contribution is 2.29. The van der Waals surface area contributed by atoms with Gasteiger partial charge in [-0.25, -0.2) is 0 Å². The van der Waals surface area contributed by atoms with Crippen molar-refractivity contribution in [2.24, 2.45) is 0 Å². The van der Waals surface area contributed by atoms with Crippen LogP contribution >= 0.6 is 0 Å². The second kappa shape index (κ2) is 5.64. The van der Waals surface area contributed by atoms with Crippen LogP contribution in [0.1, 0.15) is 6.92 Å². The van der Waals surface area contributed by atoms with Crippen LogP contribution in [-0.2, 0) is 4.79 Å². The Labute approximate surface area is 124 Å². The molecule has 0 unspecified atom stereocenters. The van der Waals surface area contributed by atoms with Gasteiger partial charge in [-0.15, -0.1) is 0 Å². The molecule has 0 saturated carbocycles. The van der Waals surface area contributed by atoms with Gasteiger partial charge in [0.2, 0.25) is 5.91 Å². The highest BCUT2D eigenvalue weighted by Gasteiger charge is 2.19. The van der Waals surface area contributed by atoms with Crippen LogP contribution in [0, 0.1) is 0 Å². The standard InChI is InChI=1S/C17H20N2O2/c1-13(20)18-8-10-19(11-9-18)15-7-6-14-4-3-5-17(21-2)16(14)12-15/h3-7,12H,8-11H2,1-2H3. The summed E-state index contributed by atoms with van der Waals surface area (Å²) in [6, 6.07) is 12.5. The van der Waals surface area contributed by atoms with Crippen molar-refractivity contribution in [3.05, 3.63) is 36.4 Å². The summed E-state index contributed by atoms with van der Waals surface area (Å²) in [4.78, 5) is 15.6. The summed E-state index contributed by atoms with van der Waals surface area (Å²) in [5, 5.41) is 2.31. The van der Waals surface area contributed by atoms with Crippen LogP contribution in [0.2, 0.25) is 0 Å². The van der Waals surface area contributed by atoms with E-state index in [1.165, 1.54) is 11.1 Å². The molecule has 1 saturated heterocycles. The molecule has 1 heterocycles. The second-order valence-corrected chi connectivity index (χ2v) is 5.36. The molecule has 4 nitrogen and oxygen atoms in total.